The van der Waals surface area contributed by atoms with Crippen molar-refractivity contribution >= 4 is 0 Å². The van der Waals surface area contributed by atoms with E-state index in [9.17, 15) is 0 Å². The Labute approximate surface area is 122 Å². The summed E-state index contributed by atoms with van der Waals surface area (Å²) in [5.74, 6) is 6.46. The minimum absolute atomic E-state index is 1.09. The van der Waals surface area contributed by atoms with Crippen LogP contribution in [-0.4, -0.2) is 0 Å². The van der Waals surface area contributed by atoms with Gasteiger partial charge in [-0.2, -0.15) is 0 Å². The van der Waals surface area contributed by atoms with E-state index in [0.717, 1.165) is 24.0 Å². The van der Waals surface area contributed by atoms with Gasteiger partial charge in [-0.1, -0.05) is 62.8 Å². The van der Waals surface area contributed by atoms with Crippen molar-refractivity contribution in [1.29, 1.82) is 0 Å². The quantitative estimate of drug-likeness (QED) is 0.681. The largest absolute Gasteiger partial charge is 0.0651 e. The highest BCUT2D eigenvalue weighted by atomic mass is 14.0. The highest BCUT2D eigenvalue weighted by Gasteiger charge is 1.93. The Hall–Kier alpha value is -2.00. The Morgan fingerprint density at radius 3 is 1.25 bits per heavy atom. The number of hydrogen-bond acceptors (Lipinski definition) is 0. The van der Waals surface area contributed by atoms with Crippen molar-refractivity contribution in [3.63, 3.8) is 0 Å². The molecule has 0 fully saturated rings. The van der Waals surface area contributed by atoms with Gasteiger partial charge in [0.1, 0.15) is 0 Å². The summed E-state index contributed by atoms with van der Waals surface area (Å²) in [5.41, 5.74) is 4.95. The zero-order valence-corrected chi connectivity index (χ0v) is 12.4. The summed E-state index contributed by atoms with van der Waals surface area (Å²) in [4.78, 5) is 0. The first-order valence-electron chi connectivity index (χ1n) is 7.51. The summed E-state index contributed by atoms with van der Waals surface area (Å²) in [7, 11) is 0. The van der Waals surface area contributed by atoms with Gasteiger partial charge in [-0.3, -0.25) is 0 Å². The maximum Gasteiger partial charge on any atom is 0.0249 e. The summed E-state index contributed by atoms with van der Waals surface area (Å²) in [6.07, 6.45) is 4.67. The first-order valence-corrected chi connectivity index (χ1v) is 7.51. The van der Waals surface area contributed by atoms with Gasteiger partial charge in [0.15, 0.2) is 0 Å². The molecule has 0 aliphatic heterocycles. The van der Waals surface area contributed by atoms with E-state index in [1.54, 1.807) is 0 Å². The van der Waals surface area contributed by atoms with Crippen LogP contribution in [0.1, 0.15) is 48.9 Å². The van der Waals surface area contributed by atoms with Crippen molar-refractivity contribution in [3.05, 3.63) is 70.8 Å². The third-order valence-corrected chi connectivity index (χ3v) is 3.34. The standard InChI is InChI=1S/C20H22/c1-3-5-17-7-11-19(12-8-17)15-16-20-13-9-18(6-4-2)10-14-20/h7-14H,3-6H2,1-2H3. The molecule has 0 radical (unpaired) electrons. The van der Waals surface area contributed by atoms with Crippen molar-refractivity contribution in [1.82, 2.24) is 0 Å². The van der Waals surface area contributed by atoms with Crippen molar-refractivity contribution in [2.75, 3.05) is 0 Å². The van der Waals surface area contributed by atoms with Gasteiger partial charge < -0.3 is 0 Å². The van der Waals surface area contributed by atoms with E-state index in [-0.39, 0.29) is 0 Å². The van der Waals surface area contributed by atoms with Gasteiger partial charge >= 0.3 is 0 Å². The third kappa shape index (κ3) is 4.28. The van der Waals surface area contributed by atoms with Gasteiger partial charge in [0.2, 0.25) is 0 Å². The molecule has 102 valence electrons. The van der Waals surface area contributed by atoms with Crippen LogP contribution in [-0.2, 0) is 12.8 Å². The summed E-state index contributed by atoms with van der Waals surface area (Å²) in [6, 6.07) is 17.2. The Kier molecular flexibility index (Phi) is 5.44. The smallest absolute Gasteiger partial charge is 0.0249 e. The van der Waals surface area contributed by atoms with Gasteiger partial charge in [0, 0.05) is 11.1 Å². The molecule has 0 N–H and O–H groups in total. The SMILES string of the molecule is CCCc1ccc(C#Cc2ccc(CCC)cc2)cc1. The minimum atomic E-state index is 1.09. The van der Waals surface area contributed by atoms with E-state index >= 15 is 0 Å². The fraction of sp³-hybridized carbons (Fsp3) is 0.300. The first kappa shape index (κ1) is 14.4. The predicted octanol–water partition coefficient (Wildman–Crippen LogP) is 4.99. The second kappa shape index (κ2) is 7.56. The first-order chi connectivity index (χ1) is 9.81. The van der Waals surface area contributed by atoms with E-state index in [0.29, 0.717) is 0 Å². The van der Waals surface area contributed by atoms with E-state index in [2.05, 4.69) is 74.2 Å². The van der Waals surface area contributed by atoms with Crippen LogP contribution < -0.4 is 0 Å². The molecule has 0 amide bonds. The lowest BCUT2D eigenvalue weighted by atomic mass is 10.1. The Bertz CT molecular complexity index is 523. The molecule has 0 heterocycles. The molecular weight excluding hydrogens is 240 g/mol. The fourth-order valence-electron chi connectivity index (χ4n) is 2.23. The normalized spacial score (nSPS) is 9.90. The summed E-state index contributed by atoms with van der Waals surface area (Å²) >= 11 is 0. The van der Waals surface area contributed by atoms with Gasteiger partial charge in [0.05, 0.1) is 0 Å². The van der Waals surface area contributed by atoms with Crippen LogP contribution in [0.3, 0.4) is 0 Å². The van der Waals surface area contributed by atoms with Crippen LogP contribution in [0.5, 0.6) is 0 Å². The highest BCUT2D eigenvalue weighted by Crippen LogP contribution is 2.08. The zero-order chi connectivity index (χ0) is 14.2. The van der Waals surface area contributed by atoms with E-state index in [1.807, 2.05) is 0 Å². The summed E-state index contributed by atoms with van der Waals surface area (Å²) in [5, 5.41) is 0. The van der Waals surface area contributed by atoms with Crippen LogP contribution in [0, 0.1) is 11.8 Å². The van der Waals surface area contributed by atoms with Crippen LogP contribution in [0.4, 0.5) is 0 Å². The number of rotatable bonds is 4. The Morgan fingerprint density at radius 1 is 0.600 bits per heavy atom. The second-order valence-electron chi connectivity index (χ2n) is 5.14. The number of aryl methyl sites for hydroxylation is 2. The van der Waals surface area contributed by atoms with Crippen molar-refractivity contribution < 1.29 is 0 Å². The van der Waals surface area contributed by atoms with Gasteiger partial charge in [-0.05, 0) is 48.2 Å². The summed E-state index contributed by atoms with van der Waals surface area (Å²) in [6.45, 7) is 4.41. The molecule has 0 saturated carbocycles. The van der Waals surface area contributed by atoms with E-state index in [4.69, 9.17) is 0 Å². The van der Waals surface area contributed by atoms with Gasteiger partial charge in [-0.15, -0.1) is 0 Å². The average molecular weight is 262 g/mol. The lowest BCUT2D eigenvalue weighted by Gasteiger charge is -1.98. The molecule has 0 bridgehead atoms. The monoisotopic (exact) mass is 262 g/mol. The van der Waals surface area contributed by atoms with Gasteiger partial charge in [0.25, 0.3) is 0 Å². The predicted molar refractivity (Wildman–Crippen MR) is 86.9 cm³/mol. The Morgan fingerprint density at radius 2 is 0.950 bits per heavy atom. The maximum atomic E-state index is 3.23. The summed E-state index contributed by atoms with van der Waals surface area (Å²) < 4.78 is 0. The minimum Gasteiger partial charge on any atom is -0.0651 e. The molecule has 20 heavy (non-hydrogen) atoms. The highest BCUT2D eigenvalue weighted by molar-refractivity contribution is 5.44. The molecule has 2 aromatic rings. The fourth-order valence-corrected chi connectivity index (χ4v) is 2.23. The van der Waals surface area contributed by atoms with Crippen LogP contribution >= 0.6 is 0 Å². The van der Waals surface area contributed by atoms with Crippen LogP contribution in [0.25, 0.3) is 0 Å². The second-order valence-corrected chi connectivity index (χ2v) is 5.14. The number of benzene rings is 2. The maximum absolute atomic E-state index is 3.23. The van der Waals surface area contributed by atoms with Crippen LogP contribution in [0.2, 0.25) is 0 Å². The van der Waals surface area contributed by atoms with Crippen molar-refractivity contribution in [2.45, 2.75) is 39.5 Å². The van der Waals surface area contributed by atoms with Crippen molar-refractivity contribution in [2.24, 2.45) is 0 Å². The molecule has 0 aromatic heterocycles. The van der Waals surface area contributed by atoms with Crippen LogP contribution in [0.15, 0.2) is 48.5 Å². The molecule has 0 atom stereocenters. The molecule has 0 aliphatic rings. The topological polar surface area (TPSA) is 0 Å². The van der Waals surface area contributed by atoms with E-state index in [1.165, 1.54) is 24.0 Å². The Balaban J connectivity index is 2.05. The molecule has 0 heteroatoms. The third-order valence-electron chi connectivity index (χ3n) is 3.34. The molecular formula is C20H22. The van der Waals surface area contributed by atoms with Crippen molar-refractivity contribution in [3.8, 4) is 11.8 Å². The molecule has 2 aromatic carbocycles. The average Bonchev–Trinajstić information content (AvgIpc) is 2.49. The molecule has 0 saturated heterocycles. The van der Waals surface area contributed by atoms with Gasteiger partial charge in [-0.25, -0.2) is 0 Å². The lowest BCUT2D eigenvalue weighted by molar-refractivity contribution is 0.921. The lowest BCUT2D eigenvalue weighted by Crippen LogP contribution is -1.84. The molecule has 0 aliphatic carbocycles. The zero-order valence-electron chi connectivity index (χ0n) is 12.4. The van der Waals surface area contributed by atoms with E-state index < -0.39 is 0 Å². The molecule has 0 spiro atoms. The number of hydrogen-bond donors (Lipinski definition) is 0. The molecule has 0 unspecified atom stereocenters. The molecule has 2 rings (SSSR count). The molecule has 0 nitrogen and oxygen atoms in total.